The Kier molecular flexibility index (Phi) is 4.89. The number of hydrogen-bond donors (Lipinski definition) is 1. The predicted octanol–water partition coefficient (Wildman–Crippen LogP) is 2.60. The van der Waals surface area contributed by atoms with Gasteiger partial charge in [0.05, 0.1) is 11.6 Å². The molecule has 1 aliphatic heterocycles. The fourth-order valence-corrected chi connectivity index (χ4v) is 2.47. The normalized spacial score (nSPS) is 17.9. The van der Waals surface area contributed by atoms with Gasteiger partial charge in [0.25, 0.3) is 0 Å². The van der Waals surface area contributed by atoms with Crippen LogP contribution in [0.5, 0.6) is 0 Å². The van der Waals surface area contributed by atoms with Gasteiger partial charge in [-0.1, -0.05) is 0 Å². The summed E-state index contributed by atoms with van der Waals surface area (Å²) in [4.78, 5) is 0. The van der Waals surface area contributed by atoms with E-state index in [1.165, 1.54) is 18.2 Å². The van der Waals surface area contributed by atoms with Gasteiger partial charge in [0.2, 0.25) is 0 Å². The largest absolute Gasteiger partial charge is 0.381 e. The molecular weight excluding hydrogens is 243 g/mol. The molecule has 1 unspecified atom stereocenters. The summed E-state index contributed by atoms with van der Waals surface area (Å²) in [6.45, 7) is 4.31. The Bertz CT molecular complexity index is 464. The van der Waals surface area contributed by atoms with Gasteiger partial charge >= 0.3 is 0 Å². The lowest BCUT2D eigenvalue weighted by Crippen LogP contribution is -2.36. The zero-order chi connectivity index (χ0) is 13.7. The highest BCUT2D eigenvalue weighted by molar-refractivity contribution is 5.37. The van der Waals surface area contributed by atoms with Gasteiger partial charge in [-0.25, -0.2) is 4.39 Å². The zero-order valence-corrected chi connectivity index (χ0v) is 11.2. The summed E-state index contributed by atoms with van der Waals surface area (Å²) in [5.74, 6) is 0.294. The second-order valence-corrected chi connectivity index (χ2v) is 5.03. The van der Waals surface area contributed by atoms with Crippen molar-refractivity contribution in [3.8, 4) is 6.07 Å². The van der Waals surface area contributed by atoms with E-state index in [0.29, 0.717) is 24.1 Å². The van der Waals surface area contributed by atoms with E-state index >= 15 is 0 Å². The second kappa shape index (κ2) is 6.65. The first-order valence-corrected chi connectivity index (χ1v) is 6.70. The maximum Gasteiger partial charge on any atom is 0.123 e. The maximum absolute atomic E-state index is 13.2. The number of nitrogens with one attached hydrogen (secondary N) is 1. The summed E-state index contributed by atoms with van der Waals surface area (Å²) < 4.78 is 18.6. The van der Waals surface area contributed by atoms with Crippen molar-refractivity contribution in [1.82, 2.24) is 5.32 Å². The Morgan fingerprint density at radius 2 is 2.21 bits per heavy atom. The van der Waals surface area contributed by atoms with Crippen LogP contribution in [-0.4, -0.2) is 19.3 Å². The second-order valence-electron chi connectivity index (χ2n) is 5.03. The van der Waals surface area contributed by atoms with Gasteiger partial charge < -0.3 is 10.1 Å². The molecule has 1 aromatic rings. The van der Waals surface area contributed by atoms with E-state index < -0.39 is 0 Å². The molecule has 1 N–H and O–H groups in total. The average molecular weight is 262 g/mol. The number of benzene rings is 1. The van der Waals surface area contributed by atoms with Crippen molar-refractivity contribution in [1.29, 1.82) is 5.26 Å². The first-order valence-electron chi connectivity index (χ1n) is 6.70. The molecule has 2 rings (SSSR count). The topological polar surface area (TPSA) is 45.0 Å². The average Bonchev–Trinajstić information content (AvgIpc) is 2.46. The van der Waals surface area contributed by atoms with Crippen LogP contribution in [-0.2, 0) is 11.3 Å². The van der Waals surface area contributed by atoms with Crippen LogP contribution in [0.4, 0.5) is 4.39 Å². The van der Waals surface area contributed by atoms with Crippen molar-refractivity contribution in [2.24, 2.45) is 5.92 Å². The molecule has 0 bridgehead atoms. The molecule has 0 radical (unpaired) electrons. The van der Waals surface area contributed by atoms with Gasteiger partial charge in [-0.3, -0.25) is 0 Å². The number of halogens is 1. The zero-order valence-electron chi connectivity index (χ0n) is 11.2. The van der Waals surface area contributed by atoms with Crippen molar-refractivity contribution in [3.63, 3.8) is 0 Å². The van der Waals surface area contributed by atoms with Gasteiger partial charge in [-0.2, -0.15) is 5.26 Å². The molecule has 19 heavy (non-hydrogen) atoms. The molecule has 1 aromatic carbocycles. The first-order chi connectivity index (χ1) is 9.20. The van der Waals surface area contributed by atoms with E-state index in [1.807, 2.05) is 0 Å². The summed E-state index contributed by atoms with van der Waals surface area (Å²) in [5.41, 5.74) is 1.26. The van der Waals surface area contributed by atoms with Crippen LogP contribution < -0.4 is 5.32 Å². The summed E-state index contributed by atoms with van der Waals surface area (Å²) >= 11 is 0. The highest BCUT2D eigenvalue weighted by atomic mass is 19.1. The molecule has 0 amide bonds. The number of rotatable bonds is 4. The fourth-order valence-electron chi connectivity index (χ4n) is 2.47. The Labute approximate surface area is 113 Å². The quantitative estimate of drug-likeness (QED) is 0.907. The Morgan fingerprint density at radius 3 is 2.89 bits per heavy atom. The smallest absolute Gasteiger partial charge is 0.123 e. The van der Waals surface area contributed by atoms with E-state index in [1.54, 1.807) is 0 Å². The minimum atomic E-state index is -0.297. The molecule has 1 fully saturated rings. The predicted molar refractivity (Wildman–Crippen MR) is 71.0 cm³/mol. The third kappa shape index (κ3) is 3.76. The lowest BCUT2D eigenvalue weighted by molar-refractivity contribution is 0.0558. The molecule has 1 atom stereocenters. The van der Waals surface area contributed by atoms with Crippen molar-refractivity contribution < 1.29 is 9.13 Å². The number of nitriles is 1. The molecule has 1 aliphatic rings. The third-order valence-electron chi connectivity index (χ3n) is 3.78. The van der Waals surface area contributed by atoms with E-state index in [4.69, 9.17) is 10.00 Å². The van der Waals surface area contributed by atoms with Crippen molar-refractivity contribution in [3.05, 3.63) is 35.1 Å². The first kappa shape index (κ1) is 14.0. The standard InChI is InChI=1S/C15H19FN2O/c1-11(12-4-6-19-7-5-12)18-10-14-8-15(16)3-2-13(14)9-17/h2-3,8,11-12,18H,4-7,10H2,1H3. The summed E-state index contributed by atoms with van der Waals surface area (Å²) in [6.07, 6.45) is 2.12. The van der Waals surface area contributed by atoms with Gasteiger partial charge in [-0.05, 0) is 49.4 Å². The highest BCUT2D eigenvalue weighted by Crippen LogP contribution is 2.19. The molecule has 0 aliphatic carbocycles. The van der Waals surface area contributed by atoms with Crippen LogP contribution in [0.15, 0.2) is 18.2 Å². The minimum absolute atomic E-state index is 0.297. The molecule has 102 valence electrons. The molecule has 3 nitrogen and oxygen atoms in total. The van der Waals surface area contributed by atoms with E-state index in [0.717, 1.165) is 31.6 Å². The Balaban J connectivity index is 1.94. The van der Waals surface area contributed by atoms with Crippen LogP contribution in [0.3, 0.4) is 0 Å². The molecule has 0 saturated carbocycles. The molecule has 0 spiro atoms. The van der Waals surface area contributed by atoms with Gasteiger partial charge in [0.1, 0.15) is 5.82 Å². The molecule has 0 aromatic heterocycles. The highest BCUT2D eigenvalue weighted by Gasteiger charge is 2.20. The summed E-state index contributed by atoms with van der Waals surface area (Å²) in [5, 5.41) is 12.4. The van der Waals surface area contributed by atoms with E-state index in [2.05, 4.69) is 18.3 Å². The maximum atomic E-state index is 13.2. The molecule has 1 heterocycles. The van der Waals surface area contributed by atoms with Crippen molar-refractivity contribution in [2.75, 3.05) is 13.2 Å². The van der Waals surface area contributed by atoms with E-state index in [-0.39, 0.29) is 5.82 Å². The Hall–Kier alpha value is -1.44. The molecular formula is C15H19FN2O. The summed E-state index contributed by atoms with van der Waals surface area (Å²) in [6, 6.07) is 6.73. The third-order valence-corrected chi connectivity index (χ3v) is 3.78. The number of nitrogens with zero attached hydrogens (tertiary/aromatic N) is 1. The van der Waals surface area contributed by atoms with Gasteiger partial charge in [-0.15, -0.1) is 0 Å². The van der Waals surface area contributed by atoms with Gasteiger partial charge in [0, 0.05) is 25.8 Å². The molecule has 4 heteroatoms. The van der Waals surface area contributed by atoms with Crippen LogP contribution in [0.2, 0.25) is 0 Å². The number of ether oxygens (including phenoxy) is 1. The number of hydrogen-bond acceptors (Lipinski definition) is 3. The van der Waals surface area contributed by atoms with E-state index in [9.17, 15) is 4.39 Å². The van der Waals surface area contributed by atoms with Crippen molar-refractivity contribution in [2.45, 2.75) is 32.4 Å². The van der Waals surface area contributed by atoms with Crippen molar-refractivity contribution >= 4 is 0 Å². The minimum Gasteiger partial charge on any atom is -0.381 e. The Morgan fingerprint density at radius 1 is 1.47 bits per heavy atom. The van der Waals surface area contributed by atoms with Crippen LogP contribution in [0, 0.1) is 23.1 Å². The van der Waals surface area contributed by atoms with Crippen LogP contribution in [0.25, 0.3) is 0 Å². The SMILES string of the molecule is CC(NCc1cc(F)ccc1C#N)C1CCOCC1. The fraction of sp³-hybridized carbons (Fsp3) is 0.533. The van der Waals surface area contributed by atoms with Crippen LogP contribution in [0.1, 0.15) is 30.9 Å². The lowest BCUT2D eigenvalue weighted by atomic mass is 9.92. The van der Waals surface area contributed by atoms with Gasteiger partial charge in [0.15, 0.2) is 0 Å². The molecule has 1 saturated heterocycles. The monoisotopic (exact) mass is 262 g/mol. The lowest BCUT2D eigenvalue weighted by Gasteiger charge is -2.28. The summed E-state index contributed by atoms with van der Waals surface area (Å²) in [7, 11) is 0. The van der Waals surface area contributed by atoms with Crippen LogP contribution >= 0.6 is 0 Å².